The van der Waals surface area contributed by atoms with Gasteiger partial charge in [0, 0.05) is 38.2 Å². The van der Waals surface area contributed by atoms with Crippen LogP contribution in [0.3, 0.4) is 0 Å². The highest BCUT2D eigenvalue weighted by Crippen LogP contribution is 2.09. The molecule has 0 spiro atoms. The molecule has 0 N–H and O–H groups in total. The Balaban J connectivity index is 2.31. The van der Waals surface area contributed by atoms with Crippen LogP contribution < -0.4 is 0 Å². The van der Waals surface area contributed by atoms with Crippen molar-refractivity contribution >= 4 is 35.8 Å². The van der Waals surface area contributed by atoms with E-state index in [2.05, 4.69) is 4.74 Å². The summed E-state index contributed by atoms with van der Waals surface area (Å²) in [6.07, 6.45) is 0.953. The average Bonchev–Trinajstić information content (AvgIpc) is 2.86. The number of methoxy groups -OCH3 is 1. The number of hydrogen-bond donors (Lipinski definition) is 0. The van der Waals surface area contributed by atoms with E-state index in [9.17, 15) is 28.8 Å². The van der Waals surface area contributed by atoms with Gasteiger partial charge in [-0.25, -0.2) is 24.0 Å². The van der Waals surface area contributed by atoms with Gasteiger partial charge in [-0.2, -0.15) is 0 Å². The lowest BCUT2D eigenvalue weighted by Gasteiger charge is -2.16. The van der Waals surface area contributed by atoms with Crippen LogP contribution in [0.2, 0.25) is 0 Å². The van der Waals surface area contributed by atoms with Crippen LogP contribution in [0.15, 0.2) is 54.6 Å². The molecule has 3 atom stereocenters. The number of ether oxygens (including phenoxy) is 6. The van der Waals surface area contributed by atoms with E-state index < -0.39 is 54.3 Å². The lowest BCUT2D eigenvalue weighted by atomic mass is 10.1. The molecule has 0 aromatic heterocycles. The Labute approximate surface area is 213 Å². The number of benzene rings is 1. The van der Waals surface area contributed by atoms with Gasteiger partial charge in [-0.3, -0.25) is 4.79 Å². The van der Waals surface area contributed by atoms with Gasteiger partial charge < -0.3 is 28.4 Å². The first kappa shape index (κ1) is 30.6. The van der Waals surface area contributed by atoms with Crippen LogP contribution in [0, 0.1) is 5.92 Å². The molecule has 1 rings (SSSR count). The largest absolute Gasteiger partial charge is 0.466 e. The van der Waals surface area contributed by atoms with Gasteiger partial charge in [0.15, 0.2) is 0 Å². The van der Waals surface area contributed by atoms with E-state index in [0.717, 1.165) is 31.4 Å². The molecule has 0 saturated carbocycles. The monoisotopic (exact) mass is 520 g/mol. The molecule has 0 bridgehead atoms. The highest BCUT2D eigenvalue weighted by molar-refractivity contribution is 5.92. The standard InChI is InChI=1S/C25H28O12/c1-16(24(30)36-17(2)34-22(28)12-10-20(26)32-4)14-15-33-21(27)11-13-23(29)35-18(3)37-25(31)19-8-6-5-7-9-19/h5-13,16-18H,14-15H2,1-4H3/b12-10+,13-11+. The second-order valence-electron chi connectivity index (χ2n) is 7.26. The quantitative estimate of drug-likeness (QED) is 0.161. The fourth-order valence-electron chi connectivity index (χ4n) is 2.37. The number of esters is 6. The van der Waals surface area contributed by atoms with Crippen molar-refractivity contribution in [3.05, 3.63) is 60.2 Å². The SMILES string of the molecule is COC(=O)/C=C/C(=O)OC(C)OC(=O)C(C)CCOC(=O)/C=C/C(=O)OC(C)OC(=O)c1ccccc1. The lowest BCUT2D eigenvalue weighted by molar-refractivity contribution is -0.184. The summed E-state index contributed by atoms with van der Waals surface area (Å²) in [7, 11) is 1.14. The summed E-state index contributed by atoms with van der Waals surface area (Å²) in [5, 5.41) is 0. The highest BCUT2D eigenvalue weighted by Gasteiger charge is 2.20. The zero-order valence-electron chi connectivity index (χ0n) is 20.7. The molecule has 200 valence electrons. The smallest absolute Gasteiger partial charge is 0.341 e. The third-order valence-electron chi connectivity index (χ3n) is 4.24. The van der Waals surface area contributed by atoms with Gasteiger partial charge in [0.1, 0.15) is 0 Å². The zero-order valence-corrected chi connectivity index (χ0v) is 20.7. The Hall–Kier alpha value is -4.48. The van der Waals surface area contributed by atoms with E-state index in [1.165, 1.54) is 32.9 Å². The molecule has 0 saturated heterocycles. The van der Waals surface area contributed by atoms with E-state index in [1.807, 2.05) is 0 Å². The van der Waals surface area contributed by atoms with Crippen molar-refractivity contribution in [3.8, 4) is 0 Å². The number of hydrogen-bond acceptors (Lipinski definition) is 12. The summed E-state index contributed by atoms with van der Waals surface area (Å²) < 4.78 is 28.8. The van der Waals surface area contributed by atoms with Crippen molar-refractivity contribution in [2.24, 2.45) is 5.92 Å². The van der Waals surface area contributed by atoms with Gasteiger partial charge in [-0.1, -0.05) is 25.1 Å². The molecule has 37 heavy (non-hydrogen) atoms. The first-order chi connectivity index (χ1) is 17.5. The van der Waals surface area contributed by atoms with Crippen LogP contribution in [0.1, 0.15) is 37.6 Å². The van der Waals surface area contributed by atoms with Crippen LogP contribution in [0.5, 0.6) is 0 Å². The van der Waals surface area contributed by atoms with Crippen molar-refractivity contribution in [2.75, 3.05) is 13.7 Å². The van der Waals surface area contributed by atoms with Gasteiger partial charge in [-0.15, -0.1) is 0 Å². The second-order valence-corrected chi connectivity index (χ2v) is 7.26. The lowest BCUT2D eigenvalue weighted by Crippen LogP contribution is -2.25. The van der Waals surface area contributed by atoms with E-state index in [1.54, 1.807) is 18.2 Å². The summed E-state index contributed by atoms with van der Waals surface area (Å²) in [6, 6.07) is 8.11. The van der Waals surface area contributed by atoms with E-state index in [0.29, 0.717) is 0 Å². The third kappa shape index (κ3) is 13.3. The maximum Gasteiger partial charge on any atom is 0.341 e. The molecule has 3 unspecified atom stereocenters. The van der Waals surface area contributed by atoms with Gasteiger partial charge >= 0.3 is 35.8 Å². The third-order valence-corrected chi connectivity index (χ3v) is 4.24. The van der Waals surface area contributed by atoms with Gasteiger partial charge in [0.25, 0.3) is 0 Å². The molecule has 0 aliphatic heterocycles. The molecule has 0 aliphatic carbocycles. The number of carbonyl (C=O) groups is 6. The van der Waals surface area contributed by atoms with Gasteiger partial charge in [-0.05, 0) is 18.6 Å². The molecule has 0 aliphatic rings. The summed E-state index contributed by atoms with van der Waals surface area (Å²) in [4.78, 5) is 70.0. The summed E-state index contributed by atoms with van der Waals surface area (Å²) in [5.74, 6) is -5.59. The maximum absolute atomic E-state index is 12.1. The molecular formula is C25H28O12. The minimum Gasteiger partial charge on any atom is -0.466 e. The first-order valence-electron chi connectivity index (χ1n) is 11.0. The molecule has 12 heteroatoms. The molecule has 1 aromatic rings. The fourth-order valence-corrected chi connectivity index (χ4v) is 2.37. The normalized spacial score (nSPS) is 13.2. The highest BCUT2D eigenvalue weighted by atomic mass is 16.7. The Morgan fingerprint density at radius 1 is 0.703 bits per heavy atom. The molecule has 0 fully saturated rings. The molecule has 0 heterocycles. The van der Waals surface area contributed by atoms with E-state index in [4.69, 9.17) is 23.7 Å². The summed E-state index contributed by atoms with van der Waals surface area (Å²) >= 11 is 0. The zero-order chi connectivity index (χ0) is 27.8. The molecular weight excluding hydrogens is 492 g/mol. The predicted molar refractivity (Wildman–Crippen MR) is 124 cm³/mol. The van der Waals surface area contributed by atoms with E-state index >= 15 is 0 Å². The molecule has 12 nitrogen and oxygen atoms in total. The van der Waals surface area contributed by atoms with Crippen LogP contribution in [-0.2, 0) is 52.4 Å². The Morgan fingerprint density at radius 3 is 1.78 bits per heavy atom. The number of carbonyl (C=O) groups excluding carboxylic acids is 6. The molecule has 0 radical (unpaired) electrons. The second kappa shape index (κ2) is 16.2. The number of rotatable bonds is 13. The van der Waals surface area contributed by atoms with Crippen molar-refractivity contribution in [1.82, 2.24) is 0 Å². The van der Waals surface area contributed by atoms with E-state index in [-0.39, 0.29) is 18.6 Å². The van der Waals surface area contributed by atoms with Gasteiger partial charge in [0.2, 0.25) is 12.6 Å². The van der Waals surface area contributed by atoms with Gasteiger partial charge in [0.05, 0.1) is 25.2 Å². The van der Waals surface area contributed by atoms with Crippen molar-refractivity contribution in [2.45, 2.75) is 39.8 Å². The Morgan fingerprint density at radius 2 is 1.22 bits per heavy atom. The maximum atomic E-state index is 12.1. The van der Waals surface area contributed by atoms with Crippen LogP contribution >= 0.6 is 0 Å². The average molecular weight is 520 g/mol. The summed E-state index contributed by atoms with van der Waals surface area (Å²) in [6.45, 7) is 3.98. The summed E-state index contributed by atoms with van der Waals surface area (Å²) in [5.41, 5.74) is 0.283. The first-order valence-corrected chi connectivity index (χ1v) is 11.0. The van der Waals surface area contributed by atoms with Crippen molar-refractivity contribution in [1.29, 1.82) is 0 Å². The van der Waals surface area contributed by atoms with Crippen molar-refractivity contribution in [3.63, 3.8) is 0 Å². The fraction of sp³-hybridized carbons (Fsp3) is 0.360. The molecule has 0 amide bonds. The van der Waals surface area contributed by atoms with Crippen LogP contribution in [-0.4, -0.2) is 62.1 Å². The predicted octanol–water partition coefficient (Wildman–Crippen LogP) is 2.02. The van der Waals surface area contributed by atoms with Crippen LogP contribution in [0.25, 0.3) is 0 Å². The van der Waals surface area contributed by atoms with Crippen LogP contribution in [0.4, 0.5) is 0 Å². The Bertz CT molecular complexity index is 1010. The minimum absolute atomic E-state index is 0.0816. The molecule has 1 aromatic carbocycles. The van der Waals surface area contributed by atoms with Crippen molar-refractivity contribution < 1.29 is 57.2 Å². The minimum atomic E-state index is -1.23. The Kier molecular flexibility index (Phi) is 13.4. The topological polar surface area (TPSA) is 158 Å².